The van der Waals surface area contributed by atoms with E-state index in [-0.39, 0.29) is 24.5 Å². The van der Waals surface area contributed by atoms with Crippen LogP contribution in [0.3, 0.4) is 0 Å². The van der Waals surface area contributed by atoms with E-state index in [0.29, 0.717) is 28.9 Å². The second-order valence-corrected chi connectivity index (χ2v) is 6.58. The zero-order valence-electron chi connectivity index (χ0n) is 16.0. The van der Waals surface area contributed by atoms with Gasteiger partial charge in [0.2, 0.25) is 12.7 Å². The number of aromatic nitrogens is 2. The number of ether oxygens (including phenoxy) is 3. The summed E-state index contributed by atoms with van der Waals surface area (Å²) < 4.78 is 16.4. The number of carbonyl (C=O) groups is 1. The summed E-state index contributed by atoms with van der Waals surface area (Å²) in [4.78, 5) is 21.1. The highest BCUT2D eigenvalue weighted by atomic mass is 16.7. The Hall–Kier alpha value is -3.81. The molecule has 0 aliphatic carbocycles. The molecule has 0 radical (unpaired) electrons. The van der Waals surface area contributed by atoms with E-state index in [1.165, 1.54) is 6.20 Å². The van der Waals surface area contributed by atoms with Gasteiger partial charge in [-0.15, -0.1) is 0 Å². The smallest absolute Gasteiger partial charge is 0.274 e. The predicted octanol–water partition coefficient (Wildman–Crippen LogP) is 3.99. The molecule has 0 fully saturated rings. The Morgan fingerprint density at radius 1 is 1.10 bits per heavy atom. The maximum absolute atomic E-state index is 12.6. The van der Waals surface area contributed by atoms with E-state index in [1.54, 1.807) is 24.3 Å². The summed E-state index contributed by atoms with van der Waals surface area (Å²) in [6.45, 7) is 4.08. The summed E-state index contributed by atoms with van der Waals surface area (Å²) in [7, 11) is 0. The minimum absolute atomic E-state index is 0.0256. The van der Waals surface area contributed by atoms with Gasteiger partial charge in [-0.2, -0.15) is 0 Å². The molecule has 1 aliphatic rings. The number of anilines is 3. The number of hydrogen-bond donors (Lipinski definition) is 2. The van der Waals surface area contributed by atoms with E-state index in [9.17, 15) is 4.79 Å². The number of fused-ring (bicyclic) bond motifs is 1. The molecule has 3 aromatic rings. The molecule has 2 aromatic carbocycles. The van der Waals surface area contributed by atoms with Crippen LogP contribution >= 0.6 is 0 Å². The number of nitrogens with zero attached hydrogens (tertiary/aromatic N) is 2. The molecule has 1 aliphatic heterocycles. The Morgan fingerprint density at radius 3 is 2.79 bits per heavy atom. The van der Waals surface area contributed by atoms with Crippen LogP contribution in [0, 0.1) is 0 Å². The topological polar surface area (TPSA) is 94.6 Å². The molecule has 0 saturated heterocycles. The van der Waals surface area contributed by atoms with Crippen LogP contribution < -0.4 is 24.8 Å². The van der Waals surface area contributed by atoms with E-state index in [0.717, 1.165) is 5.69 Å². The van der Waals surface area contributed by atoms with Gasteiger partial charge in [0.25, 0.3) is 5.91 Å². The van der Waals surface area contributed by atoms with Gasteiger partial charge in [0.15, 0.2) is 11.5 Å². The van der Waals surface area contributed by atoms with Gasteiger partial charge in [0, 0.05) is 18.0 Å². The first kappa shape index (κ1) is 18.5. The number of para-hydroxylation sites is 2. The second kappa shape index (κ2) is 8.05. The summed E-state index contributed by atoms with van der Waals surface area (Å²) in [5.74, 6) is 1.86. The molecule has 1 amide bonds. The van der Waals surface area contributed by atoms with Gasteiger partial charge in [-0.05, 0) is 44.2 Å². The molecule has 29 heavy (non-hydrogen) atoms. The van der Waals surface area contributed by atoms with Crippen LogP contribution in [0.5, 0.6) is 17.2 Å². The van der Waals surface area contributed by atoms with Gasteiger partial charge >= 0.3 is 0 Å². The molecule has 2 heterocycles. The quantitative estimate of drug-likeness (QED) is 0.655. The summed E-state index contributed by atoms with van der Waals surface area (Å²) in [5.41, 5.74) is 1.53. The van der Waals surface area contributed by atoms with Crippen LogP contribution in [0.2, 0.25) is 0 Å². The number of hydrogen-bond acceptors (Lipinski definition) is 7. The van der Waals surface area contributed by atoms with Crippen LogP contribution in [0.25, 0.3) is 0 Å². The average molecular weight is 392 g/mol. The first-order valence-electron chi connectivity index (χ1n) is 9.15. The molecule has 8 heteroatoms. The van der Waals surface area contributed by atoms with E-state index in [1.807, 2.05) is 38.1 Å². The van der Waals surface area contributed by atoms with Crippen LogP contribution in [0.15, 0.2) is 54.7 Å². The Balaban J connectivity index is 1.49. The maximum atomic E-state index is 12.6. The van der Waals surface area contributed by atoms with Crippen molar-refractivity contribution >= 4 is 23.2 Å². The van der Waals surface area contributed by atoms with E-state index >= 15 is 0 Å². The highest BCUT2D eigenvalue weighted by Gasteiger charge is 2.16. The molecule has 148 valence electrons. The SMILES string of the molecule is CC(C)Oc1ccccc1Nc1nccc(C(=O)Nc2ccc3c(c2)OCO3)n1. The van der Waals surface area contributed by atoms with Gasteiger partial charge in [0.05, 0.1) is 11.8 Å². The molecule has 0 saturated carbocycles. The summed E-state index contributed by atoms with van der Waals surface area (Å²) in [5, 5.41) is 5.91. The Morgan fingerprint density at radius 2 is 1.93 bits per heavy atom. The minimum atomic E-state index is -0.360. The normalized spacial score (nSPS) is 12.0. The molecular formula is C21H20N4O4. The summed E-state index contributed by atoms with van der Waals surface area (Å²) >= 11 is 0. The molecular weight excluding hydrogens is 372 g/mol. The van der Waals surface area contributed by atoms with Crippen molar-refractivity contribution in [1.82, 2.24) is 9.97 Å². The van der Waals surface area contributed by atoms with Crippen molar-refractivity contribution in [1.29, 1.82) is 0 Å². The molecule has 0 unspecified atom stereocenters. The standard InChI is InChI=1S/C21H20N4O4/c1-13(2)29-17-6-4-3-5-15(17)24-21-22-10-9-16(25-21)20(26)23-14-7-8-18-19(11-14)28-12-27-18/h3-11,13H,12H2,1-2H3,(H,23,26)(H,22,24,25). The third-order valence-corrected chi connectivity index (χ3v) is 4.01. The van der Waals surface area contributed by atoms with E-state index in [2.05, 4.69) is 20.6 Å². The van der Waals surface area contributed by atoms with Gasteiger partial charge in [-0.1, -0.05) is 12.1 Å². The van der Waals surface area contributed by atoms with Gasteiger partial charge in [0.1, 0.15) is 11.4 Å². The molecule has 0 spiro atoms. The number of rotatable bonds is 6. The lowest BCUT2D eigenvalue weighted by Crippen LogP contribution is -2.15. The number of nitrogens with one attached hydrogen (secondary N) is 2. The third-order valence-electron chi connectivity index (χ3n) is 4.01. The Bertz CT molecular complexity index is 1040. The van der Waals surface area contributed by atoms with Crippen LogP contribution in [0.4, 0.5) is 17.3 Å². The monoisotopic (exact) mass is 392 g/mol. The summed E-state index contributed by atoms with van der Waals surface area (Å²) in [6, 6.07) is 14.2. The molecule has 0 bridgehead atoms. The van der Waals surface area contributed by atoms with Crippen molar-refractivity contribution in [3.8, 4) is 17.2 Å². The largest absolute Gasteiger partial charge is 0.489 e. The highest BCUT2D eigenvalue weighted by molar-refractivity contribution is 6.03. The number of amides is 1. The first-order chi connectivity index (χ1) is 14.1. The van der Waals surface area contributed by atoms with Gasteiger partial charge < -0.3 is 24.8 Å². The van der Waals surface area contributed by atoms with Crippen LogP contribution in [0.1, 0.15) is 24.3 Å². The molecule has 0 atom stereocenters. The van der Waals surface area contributed by atoms with Gasteiger partial charge in [-0.3, -0.25) is 4.79 Å². The third kappa shape index (κ3) is 4.37. The average Bonchev–Trinajstić information content (AvgIpc) is 3.17. The fourth-order valence-corrected chi connectivity index (χ4v) is 2.76. The molecule has 2 N–H and O–H groups in total. The van der Waals surface area contributed by atoms with Crippen molar-refractivity contribution in [2.75, 3.05) is 17.4 Å². The van der Waals surface area contributed by atoms with Crippen molar-refractivity contribution in [3.05, 3.63) is 60.4 Å². The van der Waals surface area contributed by atoms with Crippen molar-refractivity contribution in [3.63, 3.8) is 0 Å². The van der Waals surface area contributed by atoms with Gasteiger partial charge in [-0.25, -0.2) is 9.97 Å². The molecule has 4 rings (SSSR count). The van der Waals surface area contributed by atoms with Crippen molar-refractivity contribution in [2.45, 2.75) is 20.0 Å². The highest BCUT2D eigenvalue weighted by Crippen LogP contribution is 2.34. The molecule has 1 aromatic heterocycles. The van der Waals surface area contributed by atoms with Crippen LogP contribution in [-0.4, -0.2) is 28.8 Å². The van der Waals surface area contributed by atoms with E-state index < -0.39 is 0 Å². The predicted molar refractivity (Wildman–Crippen MR) is 108 cm³/mol. The number of carbonyl (C=O) groups excluding carboxylic acids is 1. The fraction of sp³-hybridized carbons (Fsp3) is 0.190. The zero-order valence-corrected chi connectivity index (χ0v) is 16.0. The Labute approximate surface area is 167 Å². The van der Waals surface area contributed by atoms with Crippen LogP contribution in [-0.2, 0) is 0 Å². The van der Waals surface area contributed by atoms with Crippen molar-refractivity contribution in [2.24, 2.45) is 0 Å². The molecule has 8 nitrogen and oxygen atoms in total. The van der Waals surface area contributed by atoms with Crippen molar-refractivity contribution < 1.29 is 19.0 Å². The number of benzene rings is 2. The maximum Gasteiger partial charge on any atom is 0.274 e. The second-order valence-electron chi connectivity index (χ2n) is 6.58. The lowest BCUT2D eigenvalue weighted by Gasteiger charge is -2.14. The summed E-state index contributed by atoms with van der Waals surface area (Å²) in [6.07, 6.45) is 1.55. The lowest BCUT2D eigenvalue weighted by molar-refractivity contribution is 0.102. The minimum Gasteiger partial charge on any atom is -0.489 e. The zero-order chi connectivity index (χ0) is 20.2. The lowest BCUT2D eigenvalue weighted by atomic mass is 10.2. The fourth-order valence-electron chi connectivity index (χ4n) is 2.76. The van der Waals surface area contributed by atoms with E-state index in [4.69, 9.17) is 14.2 Å². The first-order valence-corrected chi connectivity index (χ1v) is 9.15. The Kier molecular flexibility index (Phi) is 5.15.